The van der Waals surface area contributed by atoms with Crippen LogP contribution in [0.4, 0.5) is 0 Å². The van der Waals surface area contributed by atoms with Gasteiger partial charge in [-0.15, -0.1) is 6.58 Å². The number of likely N-dealkylation sites (tertiary alicyclic amines) is 1. The molecule has 3 rings (SSSR count). The Kier molecular flexibility index (Phi) is 5.19. The third-order valence-electron chi connectivity index (χ3n) is 6.84. The van der Waals surface area contributed by atoms with Crippen molar-refractivity contribution in [1.82, 2.24) is 15.1 Å². The molecule has 3 saturated heterocycles. The quantitative estimate of drug-likeness (QED) is 0.422. The van der Waals surface area contributed by atoms with Gasteiger partial charge in [0.15, 0.2) is 0 Å². The molecule has 0 aromatic rings. The maximum absolute atomic E-state index is 13.5. The van der Waals surface area contributed by atoms with E-state index in [0.29, 0.717) is 5.03 Å². The number of hydrogen-bond donors (Lipinski definition) is 1. The lowest BCUT2D eigenvalue weighted by molar-refractivity contribution is -0.142. The van der Waals surface area contributed by atoms with Gasteiger partial charge in [0.2, 0.25) is 11.8 Å². The van der Waals surface area contributed by atoms with Gasteiger partial charge in [-0.2, -0.15) is 0 Å². The first-order valence-corrected chi connectivity index (χ1v) is 9.90. The van der Waals surface area contributed by atoms with Gasteiger partial charge in [0.05, 0.1) is 16.9 Å². The van der Waals surface area contributed by atoms with Crippen LogP contribution in [0.5, 0.6) is 0 Å². The molecule has 0 aliphatic carbocycles. The summed E-state index contributed by atoms with van der Waals surface area (Å²) in [6.07, 6.45) is 8.72. The minimum atomic E-state index is -0.985. The van der Waals surface area contributed by atoms with E-state index in [-0.39, 0.29) is 17.9 Å². The molecule has 3 aliphatic heterocycles. The monoisotopic (exact) mass is 401 g/mol. The number of rotatable bonds is 6. The molecule has 3 aliphatic rings. The van der Waals surface area contributed by atoms with Crippen molar-refractivity contribution < 1.29 is 9.59 Å². The van der Waals surface area contributed by atoms with Gasteiger partial charge in [0, 0.05) is 36.4 Å². The molecular formula is C22H28ClN3O2. The number of carbonyl (C=O) groups is 2. The van der Waals surface area contributed by atoms with E-state index in [4.69, 9.17) is 11.6 Å². The van der Waals surface area contributed by atoms with Crippen LogP contribution in [0.1, 0.15) is 19.8 Å². The summed E-state index contributed by atoms with van der Waals surface area (Å²) in [5.41, 5.74) is -0.368. The lowest BCUT2D eigenvalue weighted by Crippen LogP contribution is -2.57. The molecule has 0 aromatic carbocycles. The minimum absolute atomic E-state index is 0.0155. The Morgan fingerprint density at radius 1 is 1.29 bits per heavy atom. The number of nitrogens with one attached hydrogen (secondary N) is 1. The molecule has 6 heteroatoms. The minimum Gasteiger partial charge on any atom is -0.388 e. The Bertz CT molecular complexity index is 830. The lowest BCUT2D eigenvalue weighted by atomic mass is 9.62. The summed E-state index contributed by atoms with van der Waals surface area (Å²) in [5.74, 6) is -0.716. The molecule has 0 bridgehead atoms. The lowest BCUT2D eigenvalue weighted by Gasteiger charge is -2.46. The van der Waals surface area contributed by atoms with E-state index in [2.05, 4.69) is 30.0 Å². The highest BCUT2D eigenvalue weighted by atomic mass is 35.5. The van der Waals surface area contributed by atoms with Gasteiger partial charge in [0.1, 0.15) is 0 Å². The predicted octanol–water partition coefficient (Wildman–Crippen LogP) is 2.98. The Morgan fingerprint density at radius 3 is 2.50 bits per heavy atom. The Morgan fingerprint density at radius 2 is 1.96 bits per heavy atom. The summed E-state index contributed by atoms with van der Waals surface area (Å²) in [5, 5.41) is 3.61. The molecule has 1 N–H and O–H groups in total. The van der Waals surface area contributed by atoms with Crippen LogP contribution in [0.15, 0.2) is 60.3 Å². The molecule has 150 valence electrons. The van der Waals surface area contributed by atoms with Gasteiger partial charge in [-0.05, 0) is 38.5 Å². The third kappa shape index (κ3) is 2.29. The fourth-order valence-corrected chi connectivity index (χ4v) is 5.78. The summed E-state index contributed by atoms with van der Waals surface area (Å²) < 4.78 is 0. The molecule has 0 saturated carbocycles. The smallest absolute Gasteiger partial charge is 0.238 e. The number of likely N-dealkylation sites (N-methyl/N-ethyl adjacent to an activating group) is 1. The van der Waals surface area contributed by atoms with E-state index < -0.39 is 16.9 Å². The van der Waals surface area contributed by atoms with Crippen molar-refractivity contribution in [3.8, 4) is 0 Å². The molecule has 4 atom stereocenters. The van der Waals surface area contributed by atoms with E-state index in [1.54, 1.807) is 26.2 Å². The highest BCUT2D eigenvalue weighted by Crippen LogP contribution is 2.63. The molecule has 3 fully saturated rings. The van der Waals surface area contributed by atoms with Crippen LogP contribution in [-0.4, -0.2) is 53.8 Å². The number of fused-ring (bicyclic) bond motifs is 3. The largest absolute Gasteiger partial charge is 0.388 e. The standard InChI is InChI=1S/C22H28ClN3O2/c1-7-14(23)13-15(16(8-2)24-5)22(9-3)21(4)18(17-11-10-12-26(17)22)19(27)25(6)20(21)28/h7-9,13,17-18,24H,1-3,10-12H2,4-6H3/b14-13+,16-15-. The van der Waals surface area contributed by atoms with Gasteiger partial charge >= 0.3 is 0 Å². The van der Waals surface area contributed by atoms with Gasteiger partial charge in [-0.3, -0.25) is 19.4 Å². The molecule has 28 heavy (non-hydrogen) atoms. The second kappa shape index (κ2) is 7.05. The molecular weight excluding hydrogens is 374 g/mol. The maximum Gasteiger partial charge on any atom is 0.238 e. The van der Waals surface area contributed by atoms with Crippen LogP contribution < -0.4 is 5.32 Å². The zero-order valence-corrected chi connectivity index (χ0v) is 17.6. The van der Waals surface area contributed by atoms with E-state index >= 15 is 0 Å². The third-order valence-corrected chi connectivity index (χ3v) is 7.11. The van der Waals surface area contributed by atoms with Crippen molar-refractivity contribution >= 4 is 23.4 Å². The Labute approximate surface area is 172 Å². The molecule has 3 heterocycles. The molecule has 2 amide bonds. The fourth-order valence-electron chi connectivity index (χ4n) is 5.67. The number of imide groups is 1. The average Bonchev–Trinajstić information content (AvgIpc) is 3.28. The fraction of sp³-hybridized carbons (Fsp3) is 0.455. The van der Waals surface area contributed by atoms with Crippen LogP contribution in [0.3, 0.4) is 0 Å². The van der Waals surface area contributed by atoms with E-state index in [0.717, 1.165) is 30.7 Å². The summed E-state index contributed by atoms with van der Waals surface area (Å²) >= 11 is 6.37. The number of hydrogen-bond acceptors (Lipinski definition) is 4. The maximum atomic E-state index is 13.5. The first-order valence-electron chi connectivity index (χ1n) is 9.53. The first-order chi connectivity index (χ1) is 13.3. The van der Waals surface area contributed by atoms with Crippen molar-refractivity contribution in [2.75, 3.05) is 20.6 Å². The van der Waals surface area contributed by atoms with Gasteiger partial charge in [-0.25, -0.2) is 0 Å². The molecule has 5 nitrogen and oxygen atoms in total. The average molecular weight is 402 g/mol. The van der Waals surface area contributed by atoms with Gasteiger partial charge in [-0.1, -0.05) is 36.9 Å². The van der Waals surface area contributed by atoms with Crippen molar-refractivity contribution in [2.45, 2.75) is 31.3 Å². The van der Waals surface area contributed by atoms with E-state index in [1.807, 2.05) is 19.1 Å². The number of nitrogens with zero attached hydrogens (tertiary/aromatic N) is 2. The van der Waals surface area contributed by atoms with Crippen molar-refractivity contribution in [1.29, 1.82) is 0 Å². The van der Waals surface area contributed by atoms with Crippen LogP contribution in [-0.2, 0) is 9.59 Å². The Balaban J connectivity index is 2.41. The molecule has 4 unspecified atom stereocenters. The number of halogens is 1. The second-order valence-electron chi connectivity index (χ2n) is 7.77. The number of carbonyl (C=O) groups excluding carboxylic acids is 2. The summed E-state index contributed by atoms with van der Waals surface area (Å²) in [4.78, 5) is 30.1. The molecule has 0 aromatic heterocycles. The van der Waals surface area contributed by atoms with Crippen LogP contribution >= 0.6 is 11.6 Å². The van der Waals surface area contributed by atoms with Crippen LogP contribution in [0, 0.1) is 11.3 Å². The topological polar surface area (TPSA) is 52.7 Å². The van der Waals surface area contributed by atoms with E-state index in [1.165, 1.54) is 4.90 Å². The zero-order chi connectivity index (χ0) is 20.9. The summed E-state index contributed by atoms with van der Waals surface area (Å²) in [6, 6.07) is -0.0155. The second-order valence-corrected chi connectivity index (χ2v) is 8.21. The highest BCUT2D eigenvalue weighted by Gasteiger charge is 2.76. The Hall–Kier alpha value is -2.11. The van der Waals surface area contributed by atoms with E-state index in [9.17, 15) is 9.59 Å². The zero-order valence-electron chi connectivity index (χ0n) is 16.8. The van der Waals surface area contributed by atoms with Crippen LogP contribution in [0.25, 0.3) is 0 Å². The summed E-state index contributed by atoms with van der Waals surface area (Å²) in [6.45, 7) is 14.5. The van der Waals surface area contributed by atoms with Crippen LogP contribution in [0.2, 0.25) is 0 Å². The molecule has 0 spiro atoms. The van der Waals surface area contributed by atoms with Crippen molar-refractivity contribution in [2.24, 2.45) is 11.3 Å². The normalized spacial score (nSPS) is 36.1. The first kappa shape index (κ1) is 20.6. The SMILES string of the molecule is C=C/C(NC)=C(\C=C(\Cl)C=C)C1(C=C)N2CCCC2C2C(=O)N(C)C(=O)C21C. The predicted molar refractivity (Wildman–Crippen MR) is 112 cm³/mol. The number of amides is 2. The van der Waals surface area contributed by atoms with Crippen molar-refractivity contribution in [3.63, 3.8) is 0 Å². The van der Waals surface area contributed by atoms with Gasteiger partial charge in [0.25, 0.3) is 0 Å². The van der Waals surface area contributed by atoms with Gasteiger partial charge < -0.3 is 5.32 Å². The van der Waals surface area contributed by atoms with Crippen molar-refractivity contribution in [3.05, 3.63) is 60.3 Å². The molecule has 0 radical (unpaired) electrons. The number of allylic oxidation sites excluding steroid dienone is 3. The summed E-state index contributed by atoms with van der Waals surface area (Å²) in [7, 11) is 3.37. The highest BCUT2D eigenvalue weighted by molar-refractivity contribution is 6.31.